The van der Waals surface area contributed by atoms with Crippen molar-refractivity contribution >= 4 is 32.0 Å². The topological polar surface area (TPSA) is 57.9 Å². The minimum Gasteiger partial charge on any atom is -0.224 e. The number of hydrogen-bond donors (Lipinski definition) is 0. The van der Waals surface area contributed by atoms with E-state index < -0.39 is 15.7 Å². The van der Waals surface area contributed by atoms with E-state index >= 15 is 0 Å². The number of benzene rings is 2. The van der Waals surface area contributed by atoms with Crippen molar-refractivity contribution in [1.82, 2.24) is 0 Å². The average Bonchev–Trinajstić information content (AvgIpc) is 2.49. The van der Waals surface area contributed by atoms with Gasteiger partial charge in [0.25, 0.3) is 0 Å². The maximum Gasteiger partial charge on any atom is 0.175 e. The van der Waals surface area contributed by atoms with Crippen molar-refractivity contribution in [3.05, 3.63) is 65.5 Å². The van der Waals surface area contributed by atoms with Crippen molar-refractivity contribution in [2.24, 2.45) is 0 Å². The molecule has 0 saturated carbocycles. The minimum absolute atomic E-state index is 0.168. The summed E-state index contributed by atoms with van der Waals surface area (Å²) in [5, 5.41) is 9.46. The molecular weight excluding hydrogens is 325 g/mol. The Bertz CT molecular complexity index is 864. The van der Waals surface area contributed by atoms with Crippen LogP contribution in [-0.2, 0) is 9.84 Å². The molecule has 0 bridgehead atoms. The van der Waals surface area contributed by atoms with Crippen LogP contribution in [0.3, 0.4) is 0 Å². The molecule has 2 rings (SSSR count). The molecule has 0 aliphatic heterocycles. The molecule has 0 spiro atoms. The molecular formula is C16H11ClFNO2S. The van der Waals surface area contributed by atoms with Gasteiger partial charge in [-0.15, -0.1) is 0 Å². The first-order valence-electron chi connectivity index (χ1n) is 6.19. The van der Waals surface area contributed by atoms with Crippen molar-refractivity contribution in [1.29, 1.82) is 5.26 Å². The summed E-state index contributed by atoms with van der Waals surface area (Å²) in [6.07, 6.45) is 1.11. The molecule has 0 aromatic heterocycles. The normalized spacial score (nSPS) is 12.5. The Labute approximate surface area is 133 Å². The van der Waals surface area contributed by atoms with Gasteiger partial charge in [0.05, 0.1) is 15.5 Å². The van der Waals surface area contributed by atoms with Crippen LogP contribution in [0.5, 0.6) is 0 Å². The van der Waals surface area contributed by atoms with E-state index in [-0.39, 0.29) is 15.5 Å². The summed E-state index contributed by atoms with van der Waals surface area (Å²) in [5.74, 6) is -0.408. The molecule has 0 saturated heterocycles. The lowest BCUT2D eigenvalue weighted by Gasteiger charge is -2.06. The molecule has 3 nitrogen and oxygen atoms in total. The summed E-state index contributed by atoms with van der Waals surface area (Å²) in [7, 11) is -3.29. The third-order valence-electron chi connectivity index (χ3n) is 3.00. The molecule has 2 aromatic carbocycles. The van der Waals surface area contributed by atoms with E-state index in [1.54, 1.807) is 0 Å². The van der Waals surface area contributed by atoms with Crippen molar-refractivity contribution in [2.75, 3.05) is 6.26 Å². The van der Waals surface area contributed by atoms with Gasteiger partial charge in [0.2, 0.25) is 0 Å². The zero-order valence-corrected chi connectivity index (χ0v) is 13.1. The zero-order valence-electron chi connectivity index (χ0n) is 11.5. The van der Waals surface area contributed by atoms with Crippen LogP contribution in [0, 0.1) is 17.1 Å². The molecule has 0 unspecified atom stereocenters. The third-order valence-corrected chi connectivity index (χ3v) is 4.54. The number of halogens is 2. The largest absolute Gasteiger partial charge is 0.224 e. The van der Waals surface area contributed by atoms with Crippen molar-refractivity contribution < 1.29 is 12.8 Å². The summed E-state index contributed by atoms with van der Waals surface area (Å²) in [5.41, 5.74) is 1.19. The Balaban J connectivity index is 2.49. The average molecular weight is 336 g/mol. The Hall–Kier alpha value is -2.16. The number of hydrogen-bond acceptors (Lipinski definition) is 3. The van der Waals surface area contributed by atoms with Crippen molar-refractivity contribution in [3.8, 4) is 6.07 Å². The van der Waals surface area contributed by atoms with Gasteiger partial charge in [-0.1, -0.05) is 35.9 Å². The highest BCUT2D eigenvalue weighted by Crippen LogP contribution is 2.30. The highest BCUT2D eigenvalue weighted by atomic mass is 35.5. The second-order valence-electron chi connectivity index (χ2n) is 4.60. The summed E-state index contributed by atoms with van der Waals surface area (Å²) in [6.45, 7) is 0. The Kier molecular flexibility index (Phi) is 4.65. The van der Waals surface area contributed by atoms with Crippen LogP contribution in [0.25, 0.3) is 10.6 Å². The lowest BCUT2D eigenvalue weighted by Crippen LogP contribution is -1.96. The standard InChI is InChI=1S/C16H11ClFNO2S/c1-22(20,21)14-8-4-12(5-9-14)16(17)15(10-19)11-2-6-13(18)7-3-11/h2-9H,1H3/b16-15+. The van der Waals surface area contributed by atoms with Crippen LogP contribution in [-0.4, -0.2) is 14.7 Å². The van der Waals surface area contributed by atoms with Crippen LogP contribution in [0.2, 0.25) is 0 Å². The van der Waals surface area contributed by atoms with E-state index in [9.17, 15) is 18.1 Å². The molecule has 0 atom stereocenters. The van der Waals surface area contributed by atoms with Crippen LogP contribution < -0.4 is 0 Å². The summed E-state index contributed by atoms with van der Waals surface area (Å²) >= 11 is 6.23. The fraction of sp³-hybridized carbons (Fsp3) is 0.0625. The van der Waals surface area contributed by atoms with Gasteiger partial charge in [0, 0.05) is 6.26 Å². The van der Waals surface area contributed by atoms with Crippen LogP contribution in [0.4, 0.5) is 4.39 Å². The highest BCUT2D eigenvalue weighted by molar-refractivity contribution is 7.90. The lowest BCUT2D eigenvalue weighted by molar-refractivity contribution is 0.602. The highest BCUT2D eigenvalue weighted by Gasteiger charge is 2.12. The quantitative estimate of drug-likeness (QED) is 0.632. The molecule has 22 heavy (non-hydrogen) atoms. The zero-order chi connectivity index (χ0) is 16.3. The van der Waals surface area contributed by atoms with E-state index in [4.69, 9.17) is 11.6 Å². The molecule has 0 amide bonds. The molecule has 6 heteroatoms. The number of rotatable bonds is 3. The van der Waals surface area contributed by atoms with Gasteiger partial charge in [-0.05, 0) is 35.4 Å². The predicted octanol–water partition coefficient (Wildman–Crippen LogP) is 3.86. The van der Waals surface area contributed by atoms with Crippen LogP contribution in [0.15, 0.2) is 53.4 Å². The molecule has 0 aliphatic rings. The van der Waals surface area contributed by atoms with E-state index in [2.05, 4.69) is 0 Å². The first-order chi connectivity index (χ1) is 10.3. The molecule has 0 N–H and O–H groups in total. The van der Waals surface area contributed by atoms with E-state index in [1.807, 2.05) is 6.07 Å². The predicted molar refractivity (Wildman–Crippen MR) is 84.2 cm³/mol. The Morgan fingerprint density at radius 1 is 1.05 bits per heavy atom. The third kappa shape index (κ3) is 3.53. The van der Waals surface area contributed by atoms with Gasteiger partial charge in [0.15, 0.2) is 9.84 Å². The minimum atomic E-state index is -3.29. The maximum atomic E-state index is 12.9. The summed E-state index contributed by atoms with van der Waals surface area (Å²) in [4.78, 5) is 0.168. The van der Waals surface area contributed by atoms with Gasteiger partial charge >= 0.3 is 0 Å². The first kappa shape index (κ1) is 16.2. The fourth-order valence-corrected chi connectivity index (χ4v) is 2.76. The number of sulfone groups is 1. The van der Waals surface area contributed by atoms with Gasteiger partial charge in [-0.2, -0.15) is 5.26 Å². The number of allylic oxidation sites excluding steroid dienone is 1. The Morgan fingerprint density at radius 3 is 2.00 bits per heavy atom. The van der Waals surface area contributed by atoms with Gasteiger partial charge in [-0.25, -0.2) is 12.8 Å². The van der Waals surface area contributed by atoms with E-state index in [1.165, 1.54) is 48.5 Å². The second kappa shape index (κ2) is 6.30. The molecule has 2 aromatic rings. The van der Waals surface area contributed by atoms with E-state index in [0.29, 0.717) is 11.1 Å². The van der Waals surface area contributed by atoms with Crippen molar-refractivity contribution in [3.63, 3.8) is 0 Å². The SMILES string of the molecule is CS(=O)(=O)c1ccc(/C(Cl)=C(/C#N)c2ccc(F)cc2)cc1. The number of nitrogens with zero attached hydrogens (tertiary/aromatic N) is 1. The molecule has 0 aliphatic carbocycles. The first-order valence-corrected chi connectivity index (χ1v) is 8.46. The molecule has 0 radical (unpaired) electrons. The lowest BCUT2D eigenvalue weighted by atomic mass is 10.0. The molecule has 0 heterocycles. The second-order valence-corrected chi connectivity index (χ2v) is 7.00. The van der Waals surface area contributed by atoms with Gasteiger partial charge in [0.1, 0.15) is 11.9 Å². The summed E-state index contributed by atoms with van der Waals surface area (Å²) < 4.78 is 35.8. The van der Waals surface area contributed by atoms with Gasteiger partial charge in [-0.3, -0.25) is 0 Å². The fourth-order valence-electron chi connectivity index (χ4n) is 1.85. The van der Waals surface area contributed by atoms with Crippen LogP contribution >= 0.6 is 11.6 Å². The van der Waals surface area contributed by atoms with Crippen molar-refractivity contribution in [2.45, 2.75) is 4.90 Å². The van der Waals surface area contributed by atoms with E-state index in [0.717, 1.165) is 6.26 Å². The van der Waals surface area contributed by atoms with Crippen LogP contribution in [0.1, 0.15) is 11.1 Å². The summed E-state index contributed by atoms with van der Waals surface area (Å²) in [6, 6.07) is 13.3. The number of nitriles is 1. The molecule has 112 valence electrons. The van der Waals surface area contributed by atoms with Gasteiger partial charge < -0.3 is 0 Å². The smallest absolute Gasteiger partial charge is 0.175 e. The molecule has 0 fully saturated rings. The monoisotopic (exact) mass is 335 g/mol. The maximum absolute atomic E-state index is 12.9. The Morgan fingerprint density at radius 2 is 1.55 bits per heavy atom.